The number of carbonyl (C=O) groups is 1. The van der Waals surface area contributed by atoms with Crippen LogP contribution in [-0.4, -0.2) is 5.91 Å². The number of amides is 1. The molecule has 0 aromatic carbocycles. The van der Waals surface area contributed by atoms with Gasteiger partial charge in [-0.2, -0.15) is 0 Å². The summed E-state index contributed by atoms with van der Waals surface area (Å²) >= 11 is 0. The molecule has 1 unspecified atom stereocenters. The van der Waals surface area contributed by atoms with E-state index in [-0.39, 0.29) is 5.91 Å². The van der Waals surface area contributed by atoms with Gasteiger partial charge in [-0.05, 0) is 12.3 Å². The van der Waals surface area contributed by atoms with Crippen LogP contribution in [0.4, 0.5) is 0 Å². The molecule has 2 N–H and O–H groups in total. The molecule has 0 bridgehead atoms. The van der Waals surface area contributed by atoms with Crippen molar-refractivity contribution in [3.05, 3.63) is 0 Å². The van der Waals surface area contributed by atoms with Crippen molar-refractivity contribution in [1.29, 1.82) is 0 Å². The second kappa shape index (κ2) is 7.14. The first-order valence-corrected chi connectivity index (χ1v) is 4.95. The van der Waals surface area contributed by atoms with Crippen LogP contribution in [0.1, 0.15) is 52.4 Å². The van der Waals surface area contributed by atoms with E-state index in [1.807, 2.05) is 0 Å². The van der Waals surface area contributed by atoms with E-state index in [0.717, 1.165) is 6.42 Å². The number of hydrogen-bond acceptors (Lipinski definition) is 1. The summed E-state index contributed by atoms with van der Waals surface area (Å²) < 4.78 is 0. The van der Waals surface area contributed by atoms with Crippen LogP contribution in [0.2, 0.25) is 0 Å². The second-order valence-corrected chi connectivity index (χ2v) is 3.61. The van der Waals surface area contributed by atoms with Gasteiger partial charge in [0, 0.05) is 6.42 Å². The lowest BCUT2D eigenvalue weighted by Crippen LogP contribution is -2.11. The highest BCUT2D eigenvalue weighted by Crippen LogP contribution is 2.14. The maximum absolute atomic E-state index is 10.5. The molecule has 2 nitrogen and oxygen atoms in total. The van der Waals surface area contributed by atoms with Crippen molar-refractivity contribution in [2.75, 3.05) is 0 Å². The molecule has 2 heteroatoms. The fraction of sp³-hybridized carbons (Fsp3) is 0.900. The third-order valence-electron chi connectivity index (χ3n) is 2.18. The van der Waals surface area contributed by atoms with Crippen LogP contribution >= 0.6 is 0 Å². The zero-order chi connectivity index (χ0) is 9.40. The first kappa shape index (κ1) is 11.5. The smallest absolute Gasteiger partial charge is 0.217 e. The summed E-state index contributed by atoms with van der Waals surface area (Å²) in [4.78, 5) is 10.5. The lowest BCUT2D eigenvalue weighted by molar-refractivity contribution is -0.118. The Morgan fingerprint density at radius 3 is 2.50 bits per heavy atom. The Balaban J connectivity index is 3.21. The van der Waals surface area contributed by atoms with E-state index < -0.39 is 0 Å². The van der Waals surface area contributed by atoms with Crippen molar-refractivity contribution in [2.24, 2.45) is 11.7 Å². The number of primary amides is 1. The average Bonchev–Trinajstić information content (AvgIpc) is 2.01. The molecular weight excluding hydrogens is 150 g/mol. The zero-order valence-electron chi connectivity index (χ0n) is 8.31. The average molecular weight is 171 g/mol. The molecule has 0 radical (unpaired) electrons. The van der Waals surface area contributed by atoms with Crippen molar-refractivity contribution in [3.63, 3.8) is 0 Å². The lowest BCUT2D eigenvalue weighted by Gasteiger charge is -2.08. The maximum Gasteiger partial charge on any atom is 0.217 e. The Kier molecular flexibility index (Phi) is 6.82. The van der Waals surface area contributed by atoms with Gasteiger partial charge in [0.05, 0.1) is 0 Å². The summed E-state index contributed by atoms with van der Waals surface area (Å²) in [7, 11) is 0. The standard InChI is InChI=1S/C10H21NO/c1-3-4-5-6-9(2)7-8-10(11)12/h9H,3-8H2,1-2H3,(H2,11,12). The quantitative estimate of drug-likeness (QED) is 0.587. The largest absolute Gasteiger partial charge is 0.370 e. The van der Waals surface area contributed by atoms with Crippen molar-refractivity contribution in [2.45, 2.75) is 52.4 Å². The van der Waals surface area contributed by atoms with Crippen LogP contribution in [-0.2, 0) is 4.79 Å². The predicted octanol–water partition coefficient (Wildman–Crippen LogP) is 2.47. The molecule has 0 aliphatic heterocycles. The van der Waals surface area contributed by atoms with Crippen molar-refractivity contribution >= 4 is 5.91 Å². The fourth-order valence-electron chi connectivity index (χ4n) is 1.28. The molecular formula is C10H21NO. The SMILES string of the molecule is CCCCCC(C)CCC(N)=O. The first-order valence-electron chi connectivity index (χ1n) is 4.95. The van der Waals surface area contributed by atoms with Crippen LogP contribution in [0.5, 0.6) is 0 Å². The van der Waals surface area contributed by atoms with Crippen LogP contribution in [0.15, 0.2) is 0 Å². The highest BCUT2D eigenvalue weighted by molar-refractivity contribution is 5.73. The van der Waals surface area contributed by atoms with Crippen LogP contribution in [0.3, 0.4) is 0 Å². The summed E-state index contributed by atoms with van der Waals surface area (Å²) in [5.41, 5.74) is 5.06. The molecule has 0 fully saturated rings. The minimum Gasteiger partial charge on any atom is -0.370 e. The van der Waals surface area contributed by atoms with Gasteiger partial charge in [0.1, 0.15) is 0 Å². The molecule has 0 heterocycles. The Bertz CT molecular complexity index is 123. The van der Waals surface area contributed by atoms with Gasteiger partial charge in [-0.15, -0.1) is 0 Å². The monoisotopic (exact) mass is 171 g/mol. The fourth-order valence-corrected chi connectivity index (χ4v) is 1.28. The van der Waals surface area contributed by atoms with E-state index in [1.165, 1.54) is 25.7 Å². The lowest BCUT2D eigenvalue weighted by atomic mass is 9.98. The van der Waals surface area contributed by atoms with Crippen LogP contribution in [0, 0.1) is 5.92 Å². The normalized spacial score (nSPS) is 12.8. The highest BCUT2D eigenvalue weighted by Gasteiger charge is 2.03. The molecule has 12 heavy (non-hydrogen) atoms. The summed E-state index contributed by atoms with van der Waals surface area (Å²) in [6.07, 6.45) is 6.60. The number of rotatable bonds is 7. The molecule has 1 amide bonds. The van der Waals surface area contributed by atoms with Crippen molar-refractivity contribution < 1.29 is 4.79 Å². The van der Waals surface area contributed by atoms with E-state index in [4.69, 9.17) is 5.73 Å². The van der Waals surface area contributed by atoms with Gasteiger partial charge in [-0.25, -0.2) is 0 Å². The number of unbranched alkanes of at least 4 members (excludes halogenated alkanes) is 2. The molecule has 1 atom stereocenters. The Morgan fingerprint density at radius 2 is 2.00 bits per heavy atom. The van der Waals surface area contributed by atoms with Crippen molar-refractivity contribution in [3.8, 4) is 0 Å². The third-order valence-corrected chi connectivity index (χ3v) is 2.18. The highest BCUT2D eigenvalue weighted by atomic mass is 16.1. The first-order chi connectivity index (χ1) is 5.66. The molecule has 0 aliphatic rings. The summed E-state index contributed by atoms with van der Waals surface area (Å²) in [6.45, 7) is 4.40. The van der Waals surface area contributed by atoms with E-state index in [0.29, 0.717) is 12.3 Å². The molecule has 0 saturated heterocycles. The topological polar surface area (TPSA) is 43.1 Å². The minimum atomic E-state index is -0.169. The van der Waals surface area contributed by atoms with E-state index >= 15 is 0 Å². The molecule has 72 valence electrons. The number of carbonyl (C=O) groups excluding carboxylic acids is 1. The Morgan fingerprint density at radius 1 is 1.33 bits per heavy atom. The summed E-state index contributed by atoms with van der Waals surface area (Å²) in [6, 6.07) is 0. The van der Waals surface area contributed by atoms with Gasteiger partial charge in [0.2, 0.25) is 5.91 Å². The van der Waals surface area contributed by atoms with Gasteiger partial charge < -0.3 is 5.73 Å². The predicted molar refractivity (Wildman–Crippen MR) is 51.7 cm³/mol. The maximum atomic E-state index is 10.5. The Hall–Kier alpha value is -0.530. The molecule has 0 saturated carbocycles. The second-order valence-electron chi connectivity index (χ2n) is 3.61. The van der Waals surface area contributed by atoms with E-state index in [2.05, 4.69) is 13.8 Å². The third kappa shape index (κ3) is 7.58. The van der Waals surface area contributed by atoms with Gasteiger partial charge in [0.25, 0.3) is 0 Å². The number of nitrogens with two attached hydrogens (primary N) is 1. The number of hydrogen-bond donors (Lipinski definition) is 1. The van der Waals surface area contributed by atoms with Crippen LogP contribution < -0.4 is 5.73 Å². The van der Waals surface area contributed by atoms with Gasteiger partial charge in [-0.1, -0.05) is 39.5 Å². The van der Waals surface area contributed by atoms with Gasteiger partial charge in [-0.3, -0.25) is 4.79 Å². The molecule has 0 aliphatic carbocycles. The molecule has 0 aromatic rings. The van der Waals surface area contributed by atoms with E-state index in [9.17, 15) is 4.79 Å². The van der Waals surface area contributed by atoms with Crippen LogP contribution in [0.25, 0.3) is 0 Å². The Labute approximate surface area is 75.5 Å². The zero-order valence-corrected chi connectivity index (χ0v) is 8.31. The minimum absolute atomic E-state index is 0.169. The summed E-state index contributed by atoms with van der Waals surface area (Å²) in [5, 5.41) is 0. The van der Waals surface area contributed by atoms with Gasteiger partial charge >= 0.3 is 0 Å². The molecule has 0 aromatic heterocycles. The summed E-state index contributed by atoms with van der Waals surface area (Å²) in [5.74, 6) is 0.487. The molecule has 0 rings (SSSR count). The van der Waals surface area contributed by atoms with Gasteiger partial charge in [0.15, 0.2) is 0 Å². The molecule has 0 spiro atoms. The van der Waals surface area contributed by atoms with E-state index in [1.54, 1.807) is 0 Å². The van der Waals surface area contributed by atoms with Crippen molar-refractivity contribution in [1.82, 2.24) is 0 Å².